The van der Waals surface area contributed by atoms with Crippen molar-refractivity contribution in [2.45, 2.75) is 9.79 Å². The number of non-ortho nitro benzene ring substituents is 1. The van der Waals surface area contributed by atoms with Crippen molar-refractivity contribution in [2.75, 3.05) is 11.5 Å². The number of nitro groups is 1. The van der Waals surface area contributed by atoms with Crippen LogP contribution in [0.2, 0.25) is 0 Å². The number of nitro benzene ring substituents is 1. The minimum Gasteiger partial charge on any atom is -0.399 e. The highest BCUT2D eigenvalue weighted by Gasteiger charge is 2.08. The second-order valence-corrected chi connectivity index (χ2v) is 9.01. The number of nitrogens with two attached hydrogens (primary N) is 2. The van der Waals surface area contributed by atoms with Crippen LogP contribution in [0.5, 0.6) is 0 Å². The Labute approximate surface area is 157 Å². The van der Waals surface area contributed by atoms with Crippen molar-refractivity contribution in [1.82, 2.24) is 0 Å². The van der Waals surface area contributed by atoms with E-state index >= 15 is 0 Å². The van der Waals surface area contributed by atoms with Gasteiger partial charge in [-0.1, -0.05) is 32.4 Å². The van der Waals surface area contributed by atoms with Gasteiger partial charge in [0.25, 0.3) is 5.69 Å². The Kier molecular flexibility index (Phi) is 5.60. The Morgan fingerprint density at radius 1 is 0.923 bits per heavy atom. The van der Waals surface area contributed by atoms with Gasteiger partial charge in [-0.3, -0.25) is 10.1 Å². The van der Waals surface area contributed by atoms with E-state index in [0.717, 1.165) is 15.4 Å². The summed E-state index contributed by atoms with van der Waals surface area (Å²) in [7, 11) is 1.32. The molecule has 0 aromatic heterocycles. The van der Waals surface area contributed by atoms with E-state index < -0.39 is 0 Å². The van der Waals surface area contributed by atoms with E-state index in [2.05, 4.69) is 0 Å². The second-order valence-electron chi connectivity index (χ2n) is 5.49. The van der Waals surface area contributed by atoms with Crippen molar-refractivity contribution in [3.8, 4) is 0 Å². The van der Waals surface area contributed by atoms with E-state index in [0.29, 0.717) is 11.4 Å². The predicted molar refractivity (Wildman–Crippen MR) is 112 cm³/mol. The van der Waals surface area contributed by atoms with Crippen LogP contribution < -0.4 is 11.5 Å². The first kappa shape index (κ1) is 18.0. The molecule has 7 heteroatoms. The molecule has 26 heavy (non-hydrogen) atoms. The molecule has 0 spiro atoms. The molecule has 0 radical (unpaired) electrons. The average molecular weight is 383 g/mol. The summed E-state index contributed by atoms with van der Waals surface area (Å²) in [4.78, 5) is 12.8. The Morgan fingerprint density at radius 3 is 2.15 bits per heavy atom. The Hall–Kier alpha value is -2.77. The SMILES string of the molecule is Nc1ccc(SS(=Cc2cccc([N+](=O)[O-])c2)c2ccc(N)cc2)cc1. The number of hydrogen-bond donors (Lipinski definition) is 2. The molecule has 132 valence electrons. The van der Waals surface area contributed by atoms with E-state index in [-0.39, 0.29) is 20.1 Å². The molecule has 5 nitrogen and oxygen atoms in total. The van der Waals surface area contributed by atoms with Gasteiger partial charge in [0, 0.05) is 33.3 Å². The standard InChI is InChI=1S/C19H17N3O2S2/c20-15-4-8-18(9-5-15)25-26(19-10-6-16(21)7-11-19)13-14-2-1-3-17(12-14)22(23)24/h1-13H,20-21H2. The van der Waals surface area contributed by atoms with Crippen molar-refractivity contribution < 1.29 is 4.92 Å². The fourth-order valence-electron chi connectivity index (χ4n) is 2.20. The third-order valence-electron chi connectivity index (χ3n) is 3.50. The Balaban J connectivity index is 2.01. The van der Waals surface area contributed by atoms with Crippen LogP contribution in [-0.2, 0) is 0 Å². The van der Waals surface area contributed by atoms with E-state index in [4.69, 9.17) is 11.5 Å². The van der Waals surface area contributed by atoms with Crippen LogP contribution in [0.15, 0.2) is 82.6 Å². The first-order valence-corrected chi connectivity index (χ1v) is 10.4. The molecule has 4 N–H and O–H groups in total. The van der Waals surface area contributed by atoms with Gasteiger partial charge in [0.2, 0.25) is 0 Å². The topological polar surface area (TPSA) is 95.2 Å². The first-order chi connectivity index (χ1) is 12.5. The van der Waals surface area contributed by atoms with Gasteiger partial charge >= 0.3 is 0 Å². The molecule has 1 unspecified atom stereocenters. The van der Waals surface area contributed by atoms with Crippen molar-refractivity contribution in [3.05, 3.63) is 88.5 Å². The lowest BCUT2D eigenvalue weighted by Crippen LogP contribution is -1.90. The molecule has 0 aliphatic carbocycles. The van der Waals surface area contributed by atoms with Crippen molar-refractivity contribution >= 4 is 42.7 Å². The van der Waals surface area contributed by atoms with Crippen molar-refractivity contribution in [3.63, 3.8) is 0 Å². The van der Waals surface area contributed by atoms with Crippen LogP contribution >= 0.6 is 20.3 Å². The minimum atomic E-state index is -0.383. The maximum atomic E-state index is 11.0. The van der Waals surface area contributed by atoms with Crippen LogP contribution in [0.1, 0.15) is 5.56 Å². The van der Waals surface area contributed by atoms with Crippen LogP contribution in [0.3, 0.4) is 0 Å². The summed E-state index contributed by atoms with van der Waals surface area (Å²) in [5, 5.41) is 13.1. The molecule has 0 saturated heterocycles. The third-order valence-corrected chi connectivity index (χ3v) is 7.35. The molecule has 0 saturated carbocycles. The van der Waals surface area contributed by atoms with Gasteiger partial charge in [-0.25, -0.2) is 0 Å². The lowest BCUT2D eigenvalue weighted by molar-refractivity contribution is -0.384. The zero-order valence-corrected chi connectivity index (χ0v) is 15.4. The van der Waals surface area contributed by atoms with Crippen LogP contribution in [0.4, 0.5) is 17.1 Å². The van der Waals surface area contributed by atoms with E-state index in [1.807, 2.05) is 60.0 Å². The highest BCUT2D eigenvalue weighted by molar-refractivity contribution is 8.83. The number of hydrogen-bond acceptors (Lipinski definition) is 5. The van der Waals surface area contributed by atoms with Gasteiger partial charge in [-0.15, -0.1) is 0 Å². The summed E-state index contributed by atoms with van der Waals surface area (Å²) < 4.78 is 0. The molecule has 0 heterocycles. The molecule has 0 fully saturated rings. The maximum Gasteiger partial charge on any atom is 0.270 e. The molecule has 3 aromatic rings. The third kappa shape index (κ3) is 4.65. The smallest absolute Gasteiger partial charge is 0.270 e. The van der Waals surface area contributed by atoms with Crippen LogP contribution in [0.25, 0.3) is 0 Å². The number of nitrogen functional groups attached to an aromatic ring is 2. The summed E-state index contributed by atoms with van der Waals surface area (Å²) in [5.41, 5.74) is 13.9. The lowest BCUT2D eigenvalue weighted by Gasteiger charge is -2.10. The average Bonchev–Trinajstić information content (AvgIpc) is 2.64. The van der Waals surface area contributed by atoms with Crippen molar-refractivity contribution in [1.29, 1.82) is 0 Å². The second kappa shape index (κ2) is 8.07. The zero-order chi connectivity index (χ0) is 18.5. The highest BCUT2D eigenvalue weighted by atomic mass is 33.1. The largest absolute Gasteiger partial charge is 0.399 e. The molecule has 0 aliphatic rings. The molecule has 0 bridgehead atoms. The number of rotatable bonds is 5. The maximum absolute atomic E-state index is 11.0. The van der Waals surface area contributed by atoms with Gasteiger partial charge in [0.15, 0.2) is 0 Å². The van der Waals surface area contributed by atoms with E-state index in [1.165, 1.54) is 6.07 Å². The zero-order valence-electron chi connectivity index (χ0n) is 13.7. The summed E-state index contributed by atoms with van der Waals surface area (Å²) in [6.07, 6.45) is 0. The van der Waals surface area contributed by atoms with Gasteiger partial charge in [0.1, 0.15) is 0 Å². The van der Waals surface area contributed by atoms with Crippen molar-refractivity contribution in [2.24, 2.45) is 0 Å². The normalized spacial score (nSPS) is 12.0. The molecular formula is C19H17N3O2S2. The van der Waals surface area contributed by atoms with Gasteiger partial charge in [0.05, 0.1) is 4.92 Å². The van der Waals surface area contributed by atoms with Gasteiger partial charge in [-0.2, -0.15) is 0 Å². The Bertz CT molecular complexity index is 955. The molecule has 3 rings (SSSR count). The predicted octanol–water partition coefficient (Wildman–Crippen LogP) is 4.94. The van der Waals surface area contributed by atoms with E-state index in [1.54, 1.807) is 22.9 Å². The molecular weight excluding hydrogens is 366 g/mol. The van der Waals surface area contributed by atoms with Crippen LogP contribution in [-0.4, -0.2) is 10.3 Å². The molecule has 1 atom stereocenters. The molecule has 0 aliphatic heterocycles. The first-order valence-electron chi connectivity index (χ1n) is 7.73. The number of anilines is 2. The highest BCUT2D eigenvalue weighted by Crippen LogP contribution is 2.45. The van der Waals surface area contributed by atoms with Crippen LogP contribution in [0, 0.1) is 10.1 Å². The summed E-state index contributed by atoms with van der Waals surface area (Å²) in [6, 6.07) is 22.0. The monoisotopic (exact) mass is 383 g/mol. The quantitative estimate of drug-likeness (QED) is 0.214. The fraction of sp³-hybridized carbons (Fsp3) is 0. The summed E-state index contributed by atoms with van der Waals surface area (Å²) >= 11 is 0. The lowest BCUT2D eigenvalue weighted by atomic mass is 10.2. The molecule has 0 amide bonds. The van der Waals surface area contributed by atoms with E-state index in [9.17, 15) is 10.1 Å². The summed E-state index contributed by atoms with van der Waals surface area (Å²) in [6.45, 7) is 0. The molecule has 3 aromatic carbocycles. The number of nitrogens with zero attached hydrogens (tertiary/aromatic N) is 1. The van der Waals surface area contributed by atoms with Gasteiger partial charge in [-0.05, 0) is 59.5 Å². The summed E-state index contributed by atoms with van der Waals surface area (Å²) in [5.74, 6) is 0. The fourth-order valence-corrected chi connectivity index (χ4v) is 5.79. The Morgan fingerprint density at radius 2 is 1.54 bits per heavy atom. The van der Waals surface area contributed by atoms with Gasteiger partial charge < -0.3 is 11.5 Å². The minimum absolute atomic E-state index is 0.0806. The number of benzene rings is 3.